The quantitative estimate of drug-likeness (QED) is 0.620. The highest BCUT2D eigenvalue weighted by Crippen LogP contribution is 2.27. The first kappa shape index (κ1) is 15.3. The summed E-state index contributed by atoms with van der Waals surface area (Å²) in [6.07, 6.45) is -0.851. The summed E-state index contributed by atoms with van der Waals surface area (Å²) >= 11 is 7.99. The summed E-state index contributed by atoms with van der Waals surface area (Å²) in [6, 6.07) is 3.05. The smallest absolute Gasteiger partial charge is 0.404 e. The normalized spacial score (nSPS) is 12.6. The van der Waals surface area contributed by atoms with E-state index < -0.39 is 6.09 Å². The molecule has 0 saturated carbocycles. The maximum atomic E-state index is 13.7. The van der Waals surface area contributed by atoms with Gasteiger partial charge >= 0.3 is 6.09 Å². The molecule has 2 N–H and O–H groups in total. The largest absolute Gasteiger partial charge is 0.448 e. The van der Waals surface area contributed by atoms with Crippen molar-refractivity contribution in [2.24, 2.45) is 5.73 Å². The molecule has 1 unspecified atom stereocenters. The molecular formula is C12H12ClFIN3O2. The van der Waals surface area contributed by atoms with Crippen LogP contribution in [0.2, 0.25) is 0 Å². The van der Waals surface area contributed by atoms with Crippen LogP contribution in [-0.2, 0) is 11.3 Å². The molecule has 1 aromatic heterocycles. The molecule has 8 heteroatoms. The van der Waals surface area contributed by atoms with Crippen LogP contribution in [0.4, 0.5) is 9.18 Å². The first-order valence-corrected chi connectivity index (χ1v) is 7.33. The molecule has 0 saturated heterocycles. The molecule has 1 amide bonds. The van der Waals surface area contributed by atoms with Crippen LogP contribution in [0, 0.1) is 9.39 Å². The predicted molar refractivity (Wildman–Crippen MR) is 82.2 cm³/mol. The Bertz CT molecular complexity index is 660. The monoisotopic (exact) mass is 411 g/mol. The number of nitrogens with two attached hydrogens (primary N) is 1. The van der Waals surface area contributed by atoms with Crippen molar-refractivity contribution in [2.45, 2.75) is 18.8 Å². The van der Waals surface area contributed by atoms with Gasteiger partial charge in [0, 0.05) is 6.07 Å². The number of rotatable bonds is 4. The van der Waals surface area contributed by atoms with Gasteiger partial charge in [-0.1, -0.05) is 0 Å². The van der Waals surface area contributed by atoms with Crippen LogP contribution >= 0.6 is 34.2 Å². The highest BCUT2D eigenvalue weighted by Gasteiger charge is 2.17. The minimum Gasteiger partial charge on any atom is -0.448 e. The third kappa shape index (κ3) is 3.14. The SMILES string of the molecule is CC(Cl)c1nc2cc(I)c(F)cc2n1CCOC(N)=O. The van der Waals surface area contributed by atoms with Crippen molar-refractivity contribution in [1.29, 1.82) is 0 Å². The van der Waals surface area contributed by atoms with Crippen LogP contribution in [0.3, 0.4) is 0 Å². The van der Waals surface area contributed by atoms with Gasteiger partial charge in [-0.05, 0) is 35.6 Å². The van der Waals surface area contributed by atoms with E-state index >= 15 is 0 Å². The highest BCUT2D eigenvalue weighted by molar-refractivity contribution is 14.1. The minimum atomic E-state index is -0.851. The number of hydrogen-bond acceptors (Lipinski definition) is 3. The van der Waals surface area contributed by atoms with Crippen LogP contribution in [0.25, 0.3) is 11.0 Å². The third-order valence-corrected chi connectivity index (χ3v) is 3.76. The van der Waals surface area contributed by atoms with Gasteiger partial charge in [0.25, 0.3) is 0 Å². The predicted octanol–water partition coefficient (Wildman–Crippen LogP) is 3.18. The first-order chi connectivity index (χ1) is 9.40. The van der Waals surface area contributed by atoms with Gasteiger partial charge in [0.2, 0.25) is 0 Å². The summed E-state index contributed by atoms with van der Waals surface area (Å²) in [5.41, 5.74) is 6.17. The molecule has 2 rings (SSSR count). The van der Waals surface area contributed by atoms with Crippen molar-refractivity contribution in [3.63, 3.8) is 0 Å². The average molecular weight is 412 g/mol. The number of amides is 1. The standard InChI is InChI=1S/C12H12ClFIN3O2/c1-6(13)11-17-9-5-8(15)7(14)4-10(9)18(11)2-3-20-12(16)19/h4-6H,2-3H2,1H3,(H2,16,19). The number of fused-ring (bicyclic) bond motifs is 1. The van der Waals surface area contributed by atoms with Gasteiger partial charge < -0.3 is 15.0 Å². The number of imidazole rings is 1. The fourth-order valence-electron chi connectivity index (χ4n) is 1.91. The van der Waals surface area contributed by atoms with Gasteiger partial charge in [0.1, 0.15) is 18.2 Å². The molecular weight excluding hydrogens is 400 g/mol. The number of hydrogen-bond donors (Lipinski definition) is 1. The number of nitrogens with zero attached hydrogens (tertiary/aromatic N) is 2. The maximum Gasteiger partial charge on any atom is 0.404 e. The molecule has 1 atom stereocenters. The number of benzene rings is 1. The van der Waals surface area contributed by atoms with Crippen molar-refractivity contribution < 1.29 is 13.9 Å². The Balaban J connectivity index is 2.45. The summed E-state index contributed by atoms with van der Waals surface area (Å²) in [4.78, 5) is 15.0. The lowest BCUT2D eigenvalue weighted by Gasteiger charge is -2.10. The van der Waals surface area contributed by atoms with E-state index in [-0.39, 0.29) is 17.8 Å². The Labute approximate surface area is 133 Å². The molecule has 0 aliphatic heterocycles. The van der Waals surface area contributed by atoms with Crippen molar-refractivity contribution in [3.8, 4) is 0 Å². The maximum absolute atomic E-state index is 13.7. The van der Waals surface area contributed by atoms with E-state index in [0.29, 0.717) is 27.0 Å². The first-order valence-electron chi connectivity index (χ1n) is 5.81. The van der Waals surface area contributed by atoms with Crippen LogP contribution in [0.5, 0.6) is 0 Å². The molecule has 0 aliphatic carbocycles. The molecule has 0 aliphatic rings. The molecule has 0 spiro atoms. The Morgan fingerprint density at radius 2 is 2.35 bits per heavy atom. The van der Waals surface area contributed by atoms with Crippen molar-refractivity contribution in [1.82, 2.24) is 9.55 Å². The lowest BCUT2D eigenvalue weighted by Crippen LogP contribution is -2.17. The Morgan fingerprint density at radius 3 is 2.95 bits per heavy atom. The summed E-state index contributed by atoms with van der Waals surface area (Å²) in [6.45, 7) is 2.16. The van der Waals surface area contributed by atoms with E-state index in [1.807, 2.05) is 22.6 Å². The van der Waals surface area contributed by atoms with Crippen molar-refractivity contribution in [3.05, 3.63) is 27.3 Å². The van der Waals surface area contributed by atoms with Gasteiger partial charge in [0.15, 0.2) is 0 Å². The Hall–Kier alpha value is -1.09. The molecule has 108 valence electrons. The van der Waals surface area contributed by atoms with Crippen molar-refractivity contribution in [2.75, 3.05) is 6.61 Å². The number of alkyl halides is 1. The molecule has 2 aromatic rings. The lowest BCUT2D eigenvalue weighted by atomic mass is 10.3. The molecule has 5 nitrogen and oxygen atoms in total. The van der Waals surface area contributed by atoms with E-state index in [1.165, 1.54) is 6.07 Å². The number of aromatic nitrogens is 2. The fraction of sp³-hybridized carbons (Fsp3) is 0.333. The van der Waals surface area contributed by atoms with Gasteiger partial charge in [-0.25, -0.2) is 14.2 Å². The number of ether oxygens (including phenoxy) is 1. The molecule has 1 heterocycles. The second kappa shape index (κ2) is 6.13. The van der Waals surface area contributed by atoms with Crippen LogP contribution < -0.4 is 5.73 Å². The Morgan fingerprint density at radius 1 is 1.65 bits per heavy atom. The van der Waals surface area contributed by atoms with Gasteiger partial charge in [-0.3, -0.25) is 0 Å². The summed E-state index contributed by atoms with van der Waals surface area (Å²) in [5, 5.41) is -0.350. The zero-order valence-corrected chi connectivity index (χ0v) is 13.5. The van der Waals surface area contributed by atoms with E-state index in [0.717, 1.165) is 0 Å². The van der Waals surface area contributed by atoms with Crippen molar-refractivity contribution >= 4 is 51.3 Å². The van der Waals surface area contributed by atoms with Crippen LogP contribution in [0.1, 0.15) is 18.1 Å². The minimum absolute atomic E-state index is 0.0744. The van der Waals surface area contributed by atoms with E-state index in [9.17, 15) is 9.18 Å². The molecule has 0 radical (unpaired) electrons. The van der Waals surface area contributed by atoms with Gasteiger partial charge in [-0.15, -0.1) is 11.6 Å². The lowest BCUT2D eigenvalue weighted by molar-refractivity contribution is 0.152. The number of carbonyl (C=O) groups is 1. The molecule has 0 fully saturated rings. The number of halogens is 3. The number of primary amides is 1. The Kier molecular flexibility index (Phi) is 4.69. The van der Waals surface area contributed by atoms with E-state index in [2.05, 4.69) is 4.98 Å². The zero-order chi connectivity index (χ0) is 14.9. The summed E-state index contributed by atoms with van der Waals surface area (Å²) in [7, 11) is 0. The van der Waals surface area contributed by atoms with E-state index in [4.69, 9.17) is 22.1 Å². The topological polar surface area (TPSA) is 70.1 Å². The van der Waals surface area contributed by atoms with Gasteiger partial charge in [0.05, 0.1) is 26.5 Å². The second-order valence-electron chi connectivity index (χ2n) is 4.16. The van der Waals surface area contributed by atoms with E-state index in [1.54, 1.807) is 17.6 Å². The highest BCUT2D eigenvalue weighted by atomic mass is 127. The zero-order valence-electron chi connectivity index (χ0n) is 10.6. The van der Waals surface area contributed by atoms with Crippen LogP contribution in [-0.4, -0.2) is 22.3 Å². The summed E-state index contributed by atoms with van der Waals surface area (Å²) < 4.78 is 20.6. The molecule has 1 aromatic carbocycles. The van der Waals surface area contributed by atoms with Gasteiger partial charge in [-0.2, -0.15) is 0 Å². The summed E-state index contributed by atoms with van der Waals surface area (Å²) in [5.74, 6) is 0.264. The second-order valence-corrected chi connectivity index (χ2v) is 5.98. The molecule has 20 heavy (non-hydrogen) atoms. The third-order valence-electron chi connectivity index (χ3n) is 2.73. The average Bonchev–Trinajstić information content (AvgIpc) is 2.68. The number of carbonyl (C=O) groups excluding carboxylic acids is 1. The van der Waals surface area contributed by atoms with Crippen LogP contribution in [0.15, 0.2) is 12.1 Å². The molecule has 0 bridgehead atoms. The fourth-order valence-corrected chi connectivity index (χ4v) is 2.53.